The van der Waals surface area contributed by atoms with Crippen molar-refractivity contribution in [1.29, 1.82) is 0 Å². The summed E-state index contributed by atoms with van der Waals surface area (Å²) >= 11 is 0. The number of aromatic nitrogens is 3. The van der Waals surface area contributed by atoms with Gasteiger partial charge in [-0.05, 0) is 32.4 Å². The normalized spacial score (nSPS) is 25.6. The van der Waals surface area contributed by atoms with Crippen molar-refractivity contribution in [2.75, 3.05) is 26.7 Å². The fraction of sp³-hybridized carbons (Fsp3) is 0.833. The number of hydrogen-bond donors (Lipinski definition) is 1. The molecule has 1 aliphatic rings. The molecule has 0 amide bonds. The van der Waals surface area contributed by atoms with Crippen molar-refractivity contribution >= 4 is 0 Å². The van der Waals surface area contributed by atoms with Crippen LogP contribution in [0, 0.1) is 5.41 Å². The third-order valence-corrected chi connectivity index (χ3v) is 3.60. The topological polar surface area (TPSA) is 46.0 Å². The minimum absolute atomic E-state index is 0.409. The summed E-state index contributed by atoms with van der Waals surface area (Å²) in [4.78, 5) is 6.82. The fourth-order valence-electron chi connectivity index (χ4n) is 2.71. The van der Waals surface area contributed by atoms with Crippen molar-refractivity contribution < 1.29 is 0 Å². The molecular weight excluding hydrogens is 214 g/mol. The zero-order valence-corrected chi connectivity index (χ0v) is 11.1. The van der Waals surface area contributed by atoms with E-state index < -0.39 is 0 Å². The van der Waals surface area contributed by atoms with Crippen molar-refractivity contribution in [3.8, 4) is 0 Å². The monoisotopic (exact) mass is 237 g/mol. The third-order valence-electron chi connectivity index (χ3n) is 3.60. The number of aryl methyl sites for hydroxylation is 1. The maximum Gasteiger partial charge on any atom is 0.140 e. The molecule has 2 rings (SSSR count). The number of nitrogens with zero attached hydrogens (tertiary/aromatic N) is 4. The Hall–Kier alpha value is -0.940. The second-order valence-corrected chi connectivity index (χ2v) is 5.29. The summed E-state index contributed by atoms with van der Waals surface area (Å²) in [5, 5.41) is 7.51. The Morgan fingerprint density at radius 3 is 3.06 bits per heavy atom. The van der Waals surface area contributed by atoms with Gasteiger partial charge in [-0.25, -0.2) is 9.67 Å². The predicted molar refractivity (Wildman–Crippen MR) is 67.6 cm³/mol. The van der Waals surface area contributed by atoms with Gasteiger partial charge in [-0.1, -0.05) is 6.92 Å². The minimum atomic E-state index is 0.409. The molecule has 2 heterocycles. The molecule has 1 N–H and O–H groups in total. The smallest absolute Gasteiger partial charge is 0.140 e. The Balaban J connectivity index is 1.94. The van der Waals surface area contributed by atoms with Crippen LogP contribution >= 0.6 is 0 Å². The molecule has 1 unspecified atom stereocenters. The average Bonchev–Trinajstić information content (AvgIpc) is 2.87. The molecule has 5 heteroatoms. The predicted octanol–water partition coefficient (Wildman–Crippen LogP) is 0.729. The number of nitrogens with one attached hydrogen (secondary N) is 1. The molecule has 5 nitrogen and oxygen atoms in total. The van der Waals surface area contributed by atoms with Gasteiger partial charge in [-0.15, -0.1) is 0 Å². The first-order chi connectivity index (χ1) is 8.17. The van der Waals surface area contributed by atoms with E-state index in [4.69, 9.17) is 0 Å². The van der Waals surface area contributed by atoms with Crippen molar-refractivity contribution in [3.63, 3.8) is 0 Å². The molecule has 0 spiro atoms. The van der Waals surface area contributed by atoms with Crippen LogP contribution in [-0.2, 0) is 13.1 Å². The van der Waals surface area contributed by atoms with Crippen LogP contribution in [0.25, 0.3) is 0 Å². The van der Waals surface area contributed by atoms with E-state index in [9.17, 15) is 0 Å². The van der Waals surface area contributed by atoms with E-state index in [1.165, 1.54) is 6.42 Å². The Morgan fingerprint density at radius 1 is 1.53 bits per heavy atom. The van der Waals surface area contributed by atoms with Crippen molar-refractivity contribution in [2.45, 2.75) is 33.4 Å². The van der Waals surface area contributed by atoms with Gasteiger partial charge in [0.15, 0.2) is 0 Å². The summed E-state index contributed by atoms with van der Waals surface area (Å²) in [5.41, 5.74) is 0.409. The van der Waals surface area contributed by atoms with Crippen molar-refractivity contribution in [3.05, 3.63) is 12.2 Å². The molecule has 0 bridgehead atoms. The summed E-state index contributed by atoms with van der Waals surface area (Å²) in [7, 11) is 2.03. The number of hydrogen-bond acceptors (Lipinski definition) is 4. The quantitative estimate of drug-likeness (QED) is 0.820. The largest absolute Gasteiger partial charge is 0.319 e. The van der Waals surface area contributed by atoms with Gasteiger partial charge in [0.25, 0.3) is 0 Å². The molecule has 1 aromatic heterocycles. The molecule has 96 valence electrons. The Morgan fingerprint density at radius 2 is 2.35 bits per heavy atom. The van der Waals surface area contributed by atoms with Gasteiger partial charge in [0.1, 0.15) is 12.2 Å². The zero-order valence-electron chi connectivity index (χ0n) is 11.1. The van der Waals surface area contributed by atoms with Crippen LogP contribution in [0.4, 0.5) is 0 Å². The fourth-order valence-corrected chi connectivity index (χ4v) is 2.71. The Labute approximate surface area is 103 Å². The summed E-state index contributed by atoms with van der Waals surface area (Å²) in [5.74, 6) is 1.08. The second kappa shape index (κ2) is 5.14. The molecule has 1 aliphatic heterocycles. The summed E-state index contributed by atoms with van der Waals surface area (Å²) in [6.07, 6.45) is 2.91. The number of likely N-dealkylation sites (tertiary alicyclic amines) is 1. The molecule has 1 aromatic rings. The molecular formula is C12H23N5. The average molecular weight is 237 g/mol. The van der Waals surface area contributed by atoms with Crippen LogP contribution in [0.15, 0.2) is 6.33 Å². The van der Waals surface area contributed by atoms with Crippen LogP contribution in [0.1, 0.15) is 26.1 Å². The number of rotatable bonds is 5. The van der Waals surface area contributed by atoms with Crippen LogP contribution in [-0.4, -0.2) is 46.3 Å². The van der Waals surface area contributed by atoms with Crippen LogP contribution in [0.2, 0.25) is 0 Å². The second-order valence-electron chi connectivity index (χ2n) is 5.29. The van der Waals surface area contributed by atoms with Gasteiger partial charge in [-0.2, -0.15) is 5.10 Å². The SMILES string of the molecule is CCn1ncnc1CN1CCC(C)(CNC)C1. The van der Waals surface area contributed by atoms with E-state index >= 15 is 0 Å². The van der Waals surface area contributed by atoms with Crippen molar-refractivity contribution in [2.24, 2.45) is 5.41 Å². The Kier molecular flexibility index (Phi) is 3.79. The highest BCUT2D eigenvalue weighted by Crippen LogP contribution is 2.29. The van der Waals surface area contributed by atoms with E-state index in [0.29, 0.717) is 5.41 Å². The third kappa shape index (κ3) is 2.84. The highest BCUT2D eigenvalue weighted by atomic mass is 15.3. The molecule has 0 aliphatic carbocycles. The molecule has 1 atom stereocenters. The Bertz CT molecular complexity index is 362. The van der Waals surface area contributed by atoms with Gasteiger partial charge >= 0.3 is 0 Å². The van der Waals surface area contributed by atoms with E-state index in [-0.39, 0.29) is 0 Å². The van der Waals surface area contributed by atoms with Gasteiger partial charge in [0.2, 0.25) is 0 Å². The van der Waals surface area contributed by atoms with E-state index in [1.807, 2.05) is 11.7 Å². The van der Waals surface area contributed by atoms with Crippen molar-refractivity contribution in [1.82, 2.24) is 25.0 Å². The zero-order chi connectivity index (χ0) is 12.3. The van der Waals surface area contributed by atoms with Crippen LogP contribution in [0.3, 0.4) is 0 Å². The summed E-state index contributed by atoms with van der Waals surface area (Å²) in [6.45, 7) is 9.68. The summed E-state index contributed by atoms with van der Waals surface area (Å²) in [6, 6.07) is 0. The molecule has 1 fully saturated rings. The van der Waals surface area contributed by atoms with Crippen LogP contribution < -0.4 is 5.32 Å². The highest BCUT2D eigenvalue weighted by Gasteiger charge is 2.33. The molecule has 0 radical (unpaired) electrons. The minimum Gasteiger partial charge on any atom is -0.319 e. The maximum atomic E-state index is 4.34. The lowest BCUT2D eigenvalue weighted by Gasteiger charge is -2.24. The van der Waals surface area contributed by atoms with Gasteiger partial charge < -0.3 is 5.32 Å². The first kappa shape index (κ1) is 12.5. The lowest BCUT2D eigenvalue weighted by atomic mass is 9.90. The lowest BCUT2D eigenvalue weighted by Crippen LogP contribution is -2.33. The lowest BCUT2D eigenvalue weighted by molar-refractivity contribution is 0.257. The maximum absolute atomic E-state index is 4.34. The first-order valence-corrected chi connectivity index (χ1v) is 6.40. The summed E-state index contributed by atoms with van der Waals surface area (Å²) < 4.78 is 1.98. The highest BCUT2D eigenvalue weighted by molar-refractivity contribution is 4.92. The molecule has 0 aromatic carbocycles. The molecule has 17 heavy (non-hydrogen) atoms. The van der Waals surface area contributed by atoms with Crippen LogP contribution in [0.5, 0.6) is 0 Å². The van der Waals surface area contributed by atoms with Gasteiger partial charge in [0, 0.05) is 19.6 Å². The first-order valence-electron chi connectivity index (χ1n) is 6.40. The molecule has 0 saturated carbocycles. The van der Waals surface area contributed by atoms with E-state index in [0.717, 1.165) is 38.5 Å². The molecule has 1 saturated heterocycles. The van der Waals surface area contributed by atoms with E-state index in [2.05, 4.69) is 34.1 Å². The van der Waals surface area contributed by atoms with Gasteiger partial charge in [0.05, 0.1) is 6.54 Å². The standard InChI is InChI=1S/C12H23N5/c1-4-17-11(14-10-15-17)7-16-6-5-12(2,9-16)8-13-3/h10,13H,4-9H2,1-3H3. The van der Waals surface area contributed by atoms with Gasteiger partial charge in [-0.3, -0.25) is 4.90 Å². The van der Waals surface area contributed by atoms with E-state index in [1.54, 1.807) is 6.33 Å².